The third-order valence-corrected chi connectivity index (χ3v) is 2.26. The van der Waals surface area contributed by atoms with Gasteiger partial charge in [-0.1, -0.05) is 0 Å². The minimum Gasteiger partial charge on any atom is -0.383 e. The second-order valence-corrected chi connectivity index (χ2v) is 3.79. The monoisotopic (exact) mass is 246 g/mol. The lowest BCUT2D eigenvalue weighted by atomic mass is 10.2. The molecule has 18 heavy (non-hydrogen) atoms. The van der Waals surface area contributed by atoms with E-state index < -0.39 is 11.7 Å². The van der Waals surface area contributed by atoms with Crippen molar-refractivity contribution in [2.45, 2.75) is 6.92 Å². The van der Waals surface area contributed by atoms with E-state index in [1.165, 1.54) is 6.20 Å². The Bertz CT molecular complexity index is 600. The van der Waals surface area contributed by atoms with E-state index in [0.717, 1.165) is 17.8 Å². The minimum absolute atomic E-state index is 0.00324. The molecule has 2 aromatic rings. The number of carbonyl (C=O) groups excluding carboxylic acids is 1. The van der Waals surface area contributed by atoms with Crippen LogP contribution in [-0.2, 0) is 0 Å². The van der Waals surface area contributed by atoms with Gasteiger partial charge in [0.25, 0.3) is 5.91 Å². The van der Waals surface area contributed by atoms with Crippen LogP contribution in [0.15, 0.2) is 30.7 Å². The Kier molecular flexibility index (Phi) is 3.18. The topological polar surface area (TPSA) is 80.9 Å². The SMILES string of the molecule is Cc1cncc(NC(=O)c2cc(F)cnc2N)c1. The Balaban J connectivity index is 2.24. The van der Waals surface area contributed by atoms with Gasteiger partial charge >= 0.3 is 0 Å². The lowest BCUT2D eigenvalue weighted by Gasteiger charge is -2.07. The van der Waals surface area contributed by atoms with Gasteiger partial charge in [0.2, 0.25) is 0 Å². The summed E-state index contributed by atoms with van der Waals surface area (Å²) in [6, 6.07) is 2.79. The normalized spacial score (nSPS) is 10.1. The van der Waals surface area contributed by atoms with E-state index in [0.29, 0.717) is 5.69 Å². The number of aryl methyl sites for hydroxylation is 1. The van der Waals surface area contributed by atoms with Crippen LogP contribution in [0.1, 0.15) is 15.9 Å². The van der Waals surface area contributed by atoms with Crippen molar-refractivity contribution < 1.29 is 9.18 Å². The van der Waals surface area contributed by atoms with Crippen molar-refractivity contribution in [1.82, 2.24) is 9.97 Å². The molecule has 2 heterocycles. The highest BCUT2D eigenvalue weighted by Gasteiger charge is 2.12. The molecule has 2 rings (SSSR count). The molecule has 0 saturated heterocycles. The van der Waals surface area contributed by atoms with Gasteiger partial charge in [-0.25, -0.2) is 9.37 Å². The molecule has 0 aliphatic carbocycles. The van der Waals surface area contributed by atoms with Gasteiger partial charge in [0.1, 0.15) is 11.6 Å². The Labute approximate surface area is 103 Å². The summed E-state index contributed by atoms with van der Waals surface area (Å²) in [5.41, 5.74) is 6.93. The van der Waals surface area contributed by atoms with E-state index in [1.54, 1.807) is 12.3 Å². The number of hydrogen-bond donors (Lipinski definition) is 2. The quantitative estimate of drug-likeness (QED) is 0.846. The Morgan fingerprint density at radius 1 is 1.33 bits per heavy atom. The largest absolute Gasteiger partial charge is 0.383 e. The van der Waals surface area contributed by atoms with Crippen LogP contribution in [0.3, 0.4) is 0 Å². The molecule has 0 radical (unpaired) electrons. The molecule has 0 spiro atoms. The minimum atomic E-state index is -0.614. The predicted octanol–water partition coefficient (Wildman–Crippen LogP) is 1.76. The first-order chi connectivity index (χ1) is 8.56. The van der Waals surface area contributed by atoms with Crippen LogP contribution in [0.25, 0.3) is 0 Å². The third kappa shape index (κ3) is 2.60. The maximum Gasteiger partial charge on any atom is 0.259 e. The highest BCUT2D eigenvalue weighted by Crippen LogP contribution is 2.14. The standard InChI is InChI=1S/C12H11FN4O/c1-7-2-9(6-15-4-7)17-12(18)10-3-8(13)5-16-11(10)14/h2-6H,1H3,(H2,14,16)(H,17,18). The summed E-state index contributed by atoms with van der Waals surface area (Å²) < 4.78 is 13.0. The number of amides is 1. The number of rotatable bonds is 2. The average Bonchev–Trinajstić information content (AvgIpc) is 2.32. The number of nitrogens with one attached hydrogen (secondary N) is 1. The molecule has 2 aromatic heterocycles. The number of nitrogens with zero attached hydrogens (tertiary/aromatic N) is 2. The van der Waals surface area contributed by atoms with E-state index in [1.807, 2.05) is 6.92 Å². The fourth-order valence-corrected chi connectivity index (χ4v) is 1.45. The number of pyridine rings is 2. The maximum atomic E-state index is 13.0. The first kappa shape index (κ1) is 12.0. The van der Waals surface area contributed by atoms with Crippen molar-refractivity contribution in [2.75, 3.05) is 11.1 Å². The van der Waals surface area contributed by atoms with Crippen LogP contribution in [0.5, 0.6) is 0 Å². The summed E-state index contributed by atoms with van der Waals surface area (Å²) >= 11 is 0. The second-order valence-electron chi connectivity index (χ2n) is 3.79. The molecule has 5 nitrogen and oxygen atoms in total. The van der Waals surface area contributed by atoms with Crippen LogP contribution in [0.4, 0.5) is 15.9 Å². The van der Waals surface area contributed by atoms with E-state index in [4.69, 9.17) is 5.73 Å². The molecule has 0 aromatic carbocycles. The summed E-state index contributed by atoms with van der Waals surface area (Å²) in [5.74, 6) is -1.15. The first-order valence-corrected chi connectivity index (χ1v) is 5.20. The van der Waals surface area contributed by atoms with Crippen LogP contribution >= 0.6 is 0 Å². The summed E-state index contributed by atoms with van der Waals surface area (Å²) in [6.07, 6.45) is 4.11. The summed E-state index contributed by atoms with van der Waals surface area (Å²) in [5, 5.41) is 2.58. The van der Waals surface area contributed by atoms with Crippen LogP contribution in [-0.4, -0.2) is 15.9 Å². The van der Waals surface area contributed by atoms with E-state index in [-0.39, 0.29) is 11.4 Å². The number of nitrogen functional groups attached to an aromatic ring is 1. The van der Waals surface area contributed by atoms with E-state index in [9.17, 15) is 9.18 Å². The summed E-state index contributed by atoms with van der Waals surface area (Å²) in [4.78, 5) is 19.4. The molecule has 0 fully saturated rings. The van der Waals surface area contributed by atoms with E-state index in [2.05, 4.69) is 15.3 Å². The highest BCUT2D eigenvalue weighted by atomic mass is 19.1. The molecule has 92 valence electrons. The van der Waals surface area contributed by atoms with Crippen molar-refractivity contribution in [3.05, 3.63) is 47.7 Å². The van der Waals surface area contributed by atoms with E-state index >= 15 is 0 Å². The first-order valence-electron chi connectivity index (χ1n) is 5.20. The molecule has 1 amide bonds. The number of aromatic nitrogens is 2. The lowest BCUT2D eigenvalue weighted by molar-refractivity contribution is 0.102. The zero-order valence-electron chi connectivity index (χ0n) is 9.64. The molecule has 3 N–H and O–H groups in total. The maximum absolute atomic E-state index is 13.0. The van der Waals surface area contributed by atoms with Crippen LogP contribution < -0.4 is 11.1 Å². The number of halogens is 1. The zero-order chi connectivity index (χ0) is 13.1. The fraction of sp³-hybridized carbons (Fsp3) is 0.0833. The molecule has 0 unspecified atom stereocenters. The van der Waals surface area contributed by atoms with Crippen molar-refractivity contribution in [3.63, 3.8) is 0 Å². The van der Waals surface area contributed by atoms with Crippen LogP contribution in [0.2, 0.25) is 0 Å². The summed E-state index contributed by atoms with van der Waals surface area (Å²) in [6.45, 7) is 1.85. The van der Waals surface area contributed by atoms with Crippen LogP contribution in [0, 0.1) is 12.7 Å². The van der Waals surface area contributed by atoms with Crippen molar-refractivity contribution >= 4 is 17.4 Å². The smallest absolute Gasteiger partial charge is 0.259 e. The van der Waals surface area contributed by atoms with Gasteiger partial charge in [0.05, 0.1) is 23.6 Å². The fourth-order valence-electron chi connectivity index (χ4n) is 1.45. The molecular formula is C12H11FN4O. The second kappa shape index (κ2) is 4.79. The molecular weight excluding hydrogens is 235 g/mol. The Hall–Kier alpha value is -2.50. The number of carbonyl (C=O) groups is 1. The van der Waals surface area contributed by atoms with Crippen molar-refractivity contribution in [3.8, 4) is 0 Å². The number of hydrogen-bond acceptors (Lipinski definition) is 4. The Morgan fingerprint density at radius 3 is 2.83 bits per heavy atom. The molecule has 0 atom stereocenters. The van der Waals surface area contributed by atoms with Gasteiger partial charge in [-0.05, 0) is 24.6 Å². The van der Waals surface area contributed by atoms with Gasteiger partial charge in [-0.2, -0.15) is 0 Å². The van der Waals surface area contributed by atoms with Gasteiger partial charge in [-0.3, -0.25) is 9.78 Å². The van der Waals surface area contributed by atoms with Gasteiger partial charge in [-0.15, -0.1) is 0 Å². The van der Waals surface area contributed by atoms with Crippen molar-refractivity contribution in [2.24, 2.45) is 0 Å². The third-order valence-electron chi connectivity index (χ3n) is 2.26. The van der Waals surface area contributed by atoms with Gasteiger partial charge in [0, 0.05) is 6.20 Å². The molecule has 0 saturated carbocycles. The highest BCUT2D eigenvalue weighted by molar-refractivity contribution is 6.07. The molecule has 6 heteroatoms. The molecule has 0 aliphatic heterocycles. The van der Waals surface area contributed by atoms with Gasteiger partial charge in [0.15, 0.2) is 0 Å². The molecule has 0 aliphatic rings. The zero-order valence-corrected chi connectivity index (χ0v) is 9.64. The number of anilines is 2. The number of nitrogens with two attached hydrogens (primary N) is 1. The molecule has 0 bridgehead atoms. The Morgan fingerprint density at radius 2 is 2.11 bits per heavy atom. The van der Waals surface area contributed by atoms with Gasteiger partial charge < -0.3 is 11.1 Å². The average molecular weight is 246 g/mol. The summed E-state index contributed by atoms with van der Waals surface area (Å²) in [7, 11) is 0. The van der Waals surface area contributed by atoms with Crippen molar-refractivity contribution in [1.29, 1.82) is 0 Å². The predicted molar refractivity (Wildman–Crippen MR) is 65.5 cm³/mol. The lowest BCUT2D eigenvalue weighted by Crippen LogP contribution is -2.15.